The monoisotopic (exact) mass is 365 g/mol. The maximum Gasteiger partial charge on any atom is 0.341 e. The number of esters is 1. The number of hydrogen-bond acceptors (Lipinski definition) is 6. The maximum atomic E-state index is 12.4. The second-order valence-corrected chi connectivity index (χ2v) is 6.86. The van der Waals surface area contributed by atoms with Crippen molar-refractivity contribution in [2.45, 2.75) is 18.6 Å². The van der Waals surface area contributed by atoms with Crippen LogP contribution < -0.4 is 5.32 Å². The van der Waals surface area contributed by atoms with E-state index in [1.807, 2.05) is 43.3 Å². The minimum Gasteiger partial charge on any atom is -0.457 e. The summed E-state index contributed by atoms with van der Waals surface area (Å²) < 4.78 is 5.07. The van der Waals surface area contributed by atoms with Crippen LogP contribution in [-0.2, 0) is 16.1 Å². The van der Waals surface area contributed by atoms with Crippen molar-refractivity contribution in [2.24, 2.45) is 0 Å². The van der Waals surface area contributed by atoms with Gasteiger partial charge in [-0.25, -0.2) is 9.78 Å². The van der Waals surface area contributed by atoms with Gasteiger partial charge in [0.25, 0.3) is 0 Å². The summed E-state index contributed by atoms with van der Waals surface area (Å²) in [6.07, 6.45) is 1.69. The molecule has 0 spiro atoms. The molecular formula is C19H15N3O3S. The molecule has 6 nitrogen and oxygen atoms in total. The SMILES string of the molecule is Cc1cc2c(c(SCC(=O)Nc3cccc4cccnc34)n1)C(=O)OC2. The molecule has 4 rings (SSSR count). The lowest BCUT2D eigenvalue weighted by atomic mass is 10.1. The second-order valence-electron chi connectivity index (χ2n) is 5.90. The third-order valence-corrected chi connectivity index (χ3v) is 4.98. The van der Waals surface area contributed by atoms with E-state index >= 15 is 0 Å². The van der Waals surface area contributed by atoms with Gasteiger partial charge in [-0.15, -0.1) is 0 Å². The van der Waals surface area contributed by atoms with Crippen molar-refractivity contribution in [3.63, 3.8) is 0 Å². The zero-order valence-corrected chi connectivity index (χ0v) is 14.8. The molecule has 0 aliphatic carbocycles. The summed E-state index contributed by atoms with van der Waals surface area (Å²) in [4.78, 5) is 33.0. The third kappa shape index (κ3) is 3.13. The van der Waals surface area contributed by atoms with Gasteiger partial charge in [-0.2, -0.15) is 0 Å². The van der Waals surface area contributed by atoms with Crippen molar-refractivity contribution in [2.75, 3.05) is 11.1 Å². The van der Waals surface area contributed by atoms with Gasteiger partial charge in [-0.3, -0.25) is 9.78 Å². The number of carbonyl (C=O) groups excluding carboxylic acids is 2. The van der Waals surface area contributed by atoms with Crippen molar-refractivity contribution < 1.29 is 14.3 Å². The van der Waals surface area contributed by atoms with Gasteiger partial charge in [-0.1, -0.05) is 30.0 Å². The third-order valence-electron chi connectivity index (χ3n) is 4.01. The highest BCUT2D eigenvalue weighted by atomic mass is 32.2. The average Bonchev–Trinajstić information content (AvgIpc) is 3.01. The van der Waals surface area contributed by atoms with Gasteiger partial charge >= 0.3 is 5.97 Å². The standard InChI is InChI=1S/C19H15N3O3S/c1-11-8-13-9-25-19(24)16(13)18(21-11)26-10-15(23)22-14-6-2-4-12-5-3-7-20-17(12)14/h2-8H,9-10H2,1H3,(H,22,23). The number of hydrogen-bond donors (Lipinski definition) is 1. The number of nitrogens with one attached hydrogen (secondary N) is 1. The lowest BCUT2D eigenvalue weighted by molar-refractivity contribution is -0.113. The topological polar surface area (TPSA) is 81.2 Å². The summed E-state index contributed by atoms with van der Waals surface area (Å²) in [6.45, 7) is 2.12. The van der Waals surface area contributed by atoms with Gasteiger partial charge in [0.2, 0.25) is 5.91 Å². The molecule has 1 aliphatic heterocycles. The van der Waals surface area contributed by atoms with Crippen LogP contribution in [0.25, 0.3) is 10.9 Å². The van der Waals surface area contributed by atoms with Crippen molar-refractivity contribution in [1.82, 2.24) is 9.97 Å². The Balaban J connectivity index is 1.51. The fourth-order valence-corrected chi connectivity index (χ4v) is 3.79. The minimum atomic E-state index is -0.381. The molecule has 1 aromatic carbocycles. The molecular weight excluding hydrogens is 350 g/mol. The van der Waals surface area contributed by atoms with Crippen molar-refractivity contribution in [1.29, 1.82) is 0 Å². The molecule has 0 bridgehead atoms. The molecule has 130 valence electrons. The number of pyridine rings is 2. The van der Waals surface area contributed by atoms with Gasteiger partial charge < -0.3 is 10.1 Å². The fraction of sp³-hybridized carbons (Fsp3) is 0.158. The van der Waals surface area contributed by atoms with E-state index in [0.717, 1.165) is 22.2 Å². The average molecular weight is 365 g/mol. The number of carbonyl (C=O) groups is 2. The minimum absolute atomic E-state index is 0.138. The van der Waals surface area contributed by atoms with E-state index in [2.05, 4.69) is 15.3 Å². The zero-order chi connectivity index (χ0) is 18.1. The number of aromatic nitrogens is 2. The Labute approximate surface area is 154 Å². The first-order valence-corrected chi connectivity index (χ1v) is 9.04. The van der Waals surface area contributed by atoms with E-state index < -0.39 is 0 Å². The molecule has 0 radical (unpaired) electrons. The normalized spacial score (nSPS) is 12.7. The summed E-state index contributed by atoms with van der Waals surface area (Å²) >= 11 is 1.23. The van der Waals surface area contributed by atoms with Crippen LogP contribution in [0.3, 0.4) is 0 Å². The number of rotatable bonds is 4. The highest BCUT2D eigenvalue weighted by Crippen LogP contribution is 2.30. The van der Waals surface area contributed by atoms with Crippen LogP contribution in [0.15, 0.2) is 47.6 Å². The first kappa shape index (κ1) is 16.5. The number of para-hydroxylation sites is 1. The summed E-state index contributed by atoms with van der Waals surface area (Å²) in [5, 5.41) is 4.38. The Morgan fingerprint density at radius 1 is 1.31 bits per heavy atom. The van der Waals surface area contributed by atoms with Gasteiger partial charge in [-0.05, 0) is 25.1 Å². The molecule has 3 aromatic rings. The number of amides is 1. The van der Waals surface area contributed by atoms with Crippen LogP contribution in [0.4, 0.5) is 5.69 Å². The van der Waals surface area contributed by atoms with Crippen LogP contribution in [0, 0.1) is 6.92 Å². The molecule has 0 saturated heterocycles. The number of aryl methyl sites for hydroxylation is 1. The predicted molar refractivity (Wildman–Crippen MR) is 99.2 cm³/mol. The first-order chi connectivity index (χ1) is 12.6. The van der Waals surface area contributed by atoms with Gasteiger partial charge in [0.1, 0.15) is 11.6 Å². The predicted octanol–water partition coefficient (Wildman–Crippen LogP) is 3.34. The Bertz CT molecular complexity index is 1030. The lowest BCUT2D eigenvalue weighted by Gasteiger charge is -2.09. The fourth-order valence-electron chi connectivity index (χ4n) is 2.89. The van der Waals surface area contributed by atoms with Gasteiger partial charge in [0.05, 0.1) is 22.5 Å². The van der Waals surface area contributed by atoms with E-state index in [-0.39, 0.29) is 24.2 Å². The van der Waals surface area contributed by atoms with Crippen LogP contribution in [-0.4, -0.2) is 27.6 Å². The van der Waals surface area contributed by atoms with E-state index in [4.69, 9.17) is 4.74 Å². The summed E-state index contributed by atoms with van der Waals surface area (Å²) in [6, 6.07) is 11.3. The van der Waals surface area contributed by atoms with Crippen molar-refractivity contribution >= 4 is 40.2 Å². The number of fused-ring (bicyclic) bond motifs is 2. The highest BCUT2D eigenvalue weighted by Gasteiger charge is 2.27. The molecule has 7 heteroatoms. The molecule has 26 heavy (non-hydrogen) atoms. The Morgan fingerprint density at radius 3 is 3.04 bits per heavy atom. The Morgan fingerprint density at radius 2 is 2.15 bits per heavy atom. The van der Waals surface area contributed by atoms with Crippen LogP contribution in [0.5, 0.6) is 0 Å². The number of ether oxygens (including phenoxy) is 1. The summed E-state index contributed by atoms with van der Waals surface area (Å²) in [7, 11) is 0. The van der Waals surface area contributed by atoms with E-state index in [1.165, 1.54) is 11.8 Å². The quantitative estimate of drug-likeness (QED) is 0.564. The molecule has 1 N–H and O–H groups in total. The van der Waals surface area contributed by atoms with Gasteiger partial charge in [0.15, 0.2) is 0 Å². The van der Waals surface area contributed by atoms with Gasteiger partial charge in [0, 0.05) is 22.8 Å². The van der Waals surface area contributed by atoms with Crippen molar-refractivity contribution in [3.05, 3.63) is 59.4 Å². The van der Waals surface area contributed by atoms with E-state index in [1.54, 1.807) is 6.20 Å². The zero-order valence-electron chi connectivity index (χ0n) is 14.0. The number of thioether (sulfide) groups is 1. The molecule has 0 saturated carbocycles. The molecule has 0 fully saturated rings. The first-order valence-electron chi connectivity index (χ1n) is 8.06. The molecule has 2 aromatic heterocycles. The summed E-state index contributed by atoms with van der Waals surface area (Å²) in [5.74, 6) is -0.426. The Kier molecular flexibility index (Phi) is 4.30. The molecule has 0 unspecified atom stereocenters. The molecule has 3 heterocycles. The number of anilines is 1. The smallest absolute Gasteiger partial charge is 0.341 e. The Hall–Kier alpha value is -2.93. The molecule has 0 atom stereocenters. The number of nitrogens with zero attached hydrogens (tertiary/aromatic N) is 2. The lowest BCUT2D eigenvalue weighted by Crippen LogP contribution is -2.15. The van der Waals surface area contributed by atoms with E-state index in [9.17, 15) is 9.59 Å². The maximum absolute atomic E-state index is 12.4. The van der Waals surface area contributed by atoms with Crippen molar-refractivity contribution in [3.8, 4) is 0 Å². The highest BCUT2D eigenvalue weighted by molar-refractivity contribution is 8.00. The molecule has 1 amide bonds. The van der Waals surface area contributed by atoms with Crippen LogP contribution in [0.2, 0.25) is 0 Å². The second kappa shape index (κ2) is 6.76. The summed E-state index contributed by atoms with van der Waals surface area (Å²) in [5.41, 5.74) is 3.49. The largest absolute Gasteiger partial charge is 0.457 e. The number of cyclic esters (lactones) is 1. The number of benzene rings is 1. The van der Waals surface area contributed by atoms with Crippen LogP contribution in [0.1, 0.15) is 21.6 Å². The van der Waals surface area contributed by atoms with Crippen LogP contribution >= 0.6 is 11.8 Å². The van der Waals surface area contributed by atoms with E-state index in [0.29, 0.717) is 16.3 Å². The molecule has 1 aliphatic rings.